The van der Waals surface area contributed by atoms with Crippen molar-refractivity contribution in [2.75, 3.05) is 46.3 Å². The van der Waals surface area contributed by atoms with Crippen LogP contribution in [0.2, 0.25) is 5.02 Å². The quantitative estimate of drug-likeness (QED) is 0.568. The zero-order valence-electron chi connectivity index (χ0n) is 17.6. The third-order valence-electron chi connectivity index (χ3n) is 5.46. The standard InChI is InChI=1S/C23H26ClN5O2/c1-28-13-15-29(16-14-28)12-2-11-25-22(30)18-3-5-19(6-4-18)23-26-21(27-31-23)17-7-9-20(24)10-8-17/h3-10H,2,11-16H2,1H3,(H,25,30). The number of benzene rings is 2. The summed E-state index contributed by atoms with van der Waals surface area (Å²) in [7, 11) is 2.15. The summed E-state index contributed by atoms with van der Waals surface area (Å²) in [5.74, 6) is 0.829. The molecule has 2 heterocycles. The second-order valence-corrected chi connectivity index (χ2v) is 8.20. The lowest BCUT2D eigenvalue weighted by Gasteiger charge is -2.32. The van der Waals surface area contributed by atoms with Crippen molar-refractivity contribution in [1.82, 2.24) is 25.3 Å². The Morgan fingerprint density at radius 1 is 1.03 bits per heavy atom. The van der Waals surface area contributed by atoms with E-state index in [0.29, 0.717) is 28.8 Å². The zero-order valence-corrected chi connectivity index (χ0v) is 18.3. The van der Waals surface area contributed by atoms with E-state index >= 15 is 0 Å². The zero-order chi connectivity index (χ0) is 21.6. The molecule has 162 valence electrons. The molecule has 1 N–H and O–H groups in total. The van der Waals surface area contributed by atoms with Gasteiger partial charge in [0, 0.05) is 54.4 Å². The Morgan fingerprint density at radius 2 is 1.71 bits per heavy atom. The Morgan fingerprint density at radius 3 is 2.42 bits per heavy atom. The van der Waals surface area contributed by atoms with Crippen LogP contribution in [0, 0.1) is 0 Å². The van der Waals surface area contributed by atoms with Gasteiger partial charge in [-0.25, -0.2) is 0 Å². The highest BCUT2D eigenvalue weighted by atomic mass is 35.5. The van der Waals surface area contributed by atoms with Crippen LogP contribution in [0.5, 0.6) is 0 Å². The molecule has 0 aliphatic carbocycles. The summed E-state index contributed by atoms with van der Waals surface area (Å²) in [5, 5.41) is 7.68. The lowest BCUT2D eigenvalue weighted by Crippen LogP contribution is -2.45. The van der Waals surface area contributed by atoms with Crippen molar-refractivity contribution in [2.45, 2.75) is 6.42 Å². The molecule has 1 aliphatic heterocycles. The van der Waals surface area contributed by atoms with E-state index in [0.717, 1.165) is 50.3 Å². The number of hydrogen-bond acceptors (Lipinski definition) is 6. The van der Waals surface area contributed by atoms with E-state index in [-0.39, 0.29) is 5.91 Å². The number of piperazine rings is 1. The average molecular weight is 440 g/mol. The van der Waals surface area contributed by atoms with Crippen LogP contribution in [0.1, 0.15) is 16.8 Å². The maximum absolute atomic E-state index is 12.4. The molecule has 31 heavy (non-hydrogen) atoms. The average Bonchev–Trinajstić information content (AvgIpc) is 3.29. The number of amides is 1. The summed E-state index contributed by atoms with van der Waals surface area (Å²) in [6.07, 6.45) is 0.947. The Bertz CT molecular complexity index is 996. The van der Waals surface area contributed by atoms with E-state index in [4.69, 9.17) is 16.1 Å². The van der Waals surface area contributed by atoms with Crippen molar-refractivity contribution in [3.8, 4) is 22.8 Å². The molecule has 0 radical (unpaired) electrons. The van der Waals surface area contributed by atoms with Crippen LogP contribution in [0.15, 0.2) is 53.1 Å². The number of aromatic nitrogens is 2. The van der Waals surface area contributed by atoms with Gasteiger partial charge in [-0.1, -0.05) is 16.8 Å². The first-order valence-electron chi connectivity index (χ1n) is 10.5. The minimum atomic E-state index is -0.0719. The number of likely N-dealkylation sites (N-methyl/N-ethyl adjacent to an activating group) is 1. The summed E-state index contributed by atoms with van der Waals surface area (Å²) < 4.78 is 5.38. The van der Waals surface area contributed by atoms with Gasteiger partial charge in [0.15, 0.2) is 0 Å². The van der Waals surface area contributed by atoms with Crippen molar-refractivity contribution < 1.29 is 9.32 Å². The summed E-state index contributed by atoms with van der Waals surface area (Å²) in [6.45, 7) is 6.10. The van der Waals surface area contributed by atoms with Crippen molar-refractivity contribution in [3.05, 3.63) is 59.1 Å². The summed E-state index contributed by atoms with van der Waals surface area (Å²) in [5.41, 5.74) is 2.20. The molecule has 0 saturated carbocycles. The number of nitrogens with zero attached hydrogens (tertiary/aromatic N) is 4. The molecular formula is C23H26ClN5O2. The van der Waals surface area contributed by atoms with E-state index in [2.05, 4.69) is 32.3 Å². The number of halogens is 1. The monoisotopic (exact) mass is 439 g/mol. The predicted octanol–water partition coefficient (Wildman–Crippen LogP) is 3.42. The van der Waals surface area contributed by atoms with Gasteiger partial charge in [0.05, 0.1) is 0 Å². The Hall–Kier alpha value is -2.74. The fourth-order valence-electron chi connectivity index (χ4n) is 3.50. The number of carbonyl (C=O) groups is 1. The summed E-state index contributed by atoms with van der Waals surface area (Å²) in [4.78, 5) is 21.6. The highest BCUT2D eigenvalue weighted by molar-refractivity contribution is 6.30. The molecule has 1 amide bonds. The lowest BCUT2D eigenvalue weighted by molar-refractivity contribution is 0.0949. The molecule has 1 aliphatic rings. The molecule has 0 spiro atoms. The maximum atomic E-state index is 12.4. The van der Waals surface area contributed by atoms with E-state index in [1.165, 1.54) is 0 Å². The molecule has 1 fully saturated rings. The van der Waals surface area contributed by atoms with Gasteiger partial charge in [0.1, 0.15) is 0 Å². The molecular weight excluding hydrogens is 414 g/mol. The predicted molar refractivity (Wildman–Crippen MR) is 121 cm³/mol. The van der Waals surface area contributed by atoms with Crippen molar-refractivity contribution in [1.29, 1.82) is 0 Å². The molecule has 2 aromatic carbocycles. The molecule has 0 unspecified atom stereocenters. The van der Waals surface area contributed by atoms with E-state index in [9.17, 15) is 4.79 Å². The highest BCUT2D eigenvalue weighted by Crippen LogP contribution is 2.23. The third-order valence-corrected chi connectivity index (χ3v) is 5.71. The van der Waals surface area contributed by atoms with E-state index in [1.807, 2.05) is 24.3 Å². The van der Waals surface area contributed by atoms with Crippen LogP contribution in [0.3, 0.4) is 0 Å². The van der Waals surface area contributed by atoms with Crippen molar-refractivity contribution in [3.63, 3.8) is 0 Å². The highest BCUT2D eigenvalue weighted by Gasteiger charge is 2.14. The molecule has 4 rings (SSSR count). The van der Waals surface area contributed by atoms with E-state index in [1.54, 1.807) is 24.3 Å². The normalized spacial score (nSPS) is 15.2. The minimum Gasteiger partial charge on any atom is -0.352 e. The van der Waals surface area contributed by atoms with Crippen LogP contribution in [0.25, 0.3) is 22.8 Å². The lowest BCUT2D eigenvalue weighted by atomic mass is 10.1. The molecule has 8 heteroatoms. The number of rotatable bonds is 7. The van der Waals surface area contributed by atoms with Crippen LogP contribution in [-0.4, -0.2) is 72.2 Å². The fourth-order valence-corrected chi connectivity index (χ4v) is 3.63. The smallest absolute Gasteiger partial charge is 0.258 e. The van der Waals surface area contributed by atoms with Gasteiger partial charge < -0.3 is 19.6 Å². The van der Waals surface area contributed by atoms with Gasteiger partial charge in [-0.3, -0.25) is 4.79 Å². The second-order valence-electron chi connectivity index (χ2n) is 7.76. The third kappa shape index (κ3) is 5.70. The first kappa shape index (κ1) is 21.5. The number of hydrogen-bond donors (Lipinski definition) is 1. The van der Waals surface area contributed by atoms with Gasteiger partial charge in [0.2, 0.25) is 5.82 Å². The van der Waals surface area contributed by atoms with Gasteiger partial charge in [0.25, 0.3) is 11.8 Å². The SMILES string of the molecule is CN1CCN(CCCNC(=O)c2ccc(-c3nc(-c4ccc(Cl)cc4)no3)cc2)CC1. The van der Waals surface area contributed by atoms with Crippen LogP contribution >= 0.6 is 11.6 Å². The minimum absolute atomic E-state index is 0.0719. The van der Waals surface area contributed by atoms with E-state index < -0.39 is 0 Å². The van der Waals surface area contributed by atoms with Gasteiger partial charge in [-0.05, 0) is 68.5 Å². The fraction of sp³-hybridized carbons (Fsp3) is 0.348. The van der Waals surface area contributed by atoms with Gasteiger partial charge in [-0.2, -0.15) is 4.98 Å². The molecule has 1 saturated heterocycles. The summed E-state index contributed by atoms with van der Waals surface area (Å²) >= 11 is 5.92. The van der Waals surface area contributed by atoms with Gasteiger partial charge in [-0.15, -0.1) is 0 Å². The topological polar surface area (TPSA) is 74.5 Å². The first-order chi connectivity index (χ1) is 15.1. The first-order valence-corrected chi connectivity index (χ1v) is 10.9. The van der Waals surface area contributed by atoms with Gasteiger partial charge >= 0.3 is 0 Å². The van der Waals surface area contributed by atoms with Crippen LogP contribution < -0.4 is 5.32 Å². The molecule has 0 atom stereocenters. The number of nitrogens with one attached hydrogen (secondary N) is 1. The Kier molecular flexibility index (Phi) is 6.96. The van der Waals surface area contributed by atoms with Crippen molar-refractivity contribution in [2.24, 2.45) is 0 Å². The van der Waals surface area contributed by atoms with Crippen LogP contribution in [0.4, 0.5) is 0 Å². The number of carbonyl (C=O) groups excluding carboxylic acids is 1. The largest absolute Gasteiger partial charge is 0.352 e. The Balaban J connectivity index is 1.28. The molecule has 0 bridgehead atoms. The second kappa shape index (κ2) is 10.0. The summed E-state index contributed by atoms with van der Waals surface area (Å²) in [6, 6.07) is 14.4. The molecule has 3 aromatic rings. The Labute approximate surface area is 187 Å². The maximum Gasteiger partial charge on any atom is 0.258 e. The van der Waals surface area contributed by atoms with Crippen molar-refractivity contribution >= 4 is 17.5 Å². The molecule has 1 aromatic heterocycles. The molecule has 7 nitrogen and oxygen atoms in total. The van der Waals surface area contributed by atoms with Crippen LogP contribution in [-0.2, 0) is 0 Å².